The van der Waals surface area contributed by atoms with Crippen LogP contribution in [0.2, 0.25) is 5.02 Å². The van der Waals surface area contributed by atoms with Gasteiger partial charge < -0.3 is 5.73 Å². The minimum absolute atomic E-state index is 0.00931. The van der Waals surface area contributed by atoms with Gasteiger partial charge >= 0.3 is 0 Å². The van der Waals surface area contributed by atoms with Crippen LogP contribution in [0.3, 0.4) is 0 Å². The monoisotopic (exact) mass is 249 g/mol. The number of hydrogen-bond donors (Lipinski definition) is 2. The van der Waals surface area contributed by atoms with Crippen LogP contribution in [-0.4, -0.2) is 20.6 Å². The molecular weight excluding hydrogens is 238 g/mol. The van der Waals surface area contributed by atoms with E-state index in [1.165, 1.54) is 0 Å². The highest BCUT2D eigenvalue weighted by atomic mass is 35.5. The maximum atomic E-state index is 7.34. The number of benzene rings is 1. The summed E-state index contributed by atoms with van der Waals surface area (Å²) >= 11 is 6.15. The number of nitrogen functional groups attached to an aromatic ring is 1. The van der Waals surface area contributed by atoms with Gasteiger partial charge in [-0.15, -0.1) is 0 Å². The molecule has 0 radical (unpaired) electrons. The molecule has 0 saturated heterocycles. The van der Waals surface area contributed by atoms with Crippen LogP contribution in [0, 0.1) is 19.3 Å². The zero-order chi connectivity index (χ0) is 12.6. The maximum Gasteiger partial charge on any atom is 0.148 e. The van der Waals surface area contributed by atoms with E-state index in [1.54, 1.807) is 22.9 Å². The third-order valence-electron chi connectivity index (χ3n) is 2.36. The molecule has 0 atom stereocenters. The first kappa shape index (κ1) is 11.6. The summed E-state index contributed by atoms with van der Waals surface area (Å²) in [6.45, 7) is 3.68. The molecule has 6 heteroatoms. The molecular formula is C11H12ClN5. The Balaban J connectivity index is 2.54. The number of nitrogens with two attached hydrogens (primary N) is 1. The van der Waals surface area contributed by atoms with Crippen LogP contribution in [0.5, 0.6) is 0 Å². The second-order valence-electron chi connectivity index (χ2n) is 3.70. The number of aryl methyl sites for hydroxylation is 2. The van der Waals surface area contributed by atoms with Crippen LogP contribution < -0.4 is 5.73 Å². The van der Waals surface area contributed by atoms with Crippen molar-refractivity contribution in [2.75, 3.05) is 0 Å². The summed E-state index contributed by atoms with van der Waals surface area (Å²) in [5, 5.41) is 12.1. The summed E-state index contributed by atoms with van der Waals surface area (Å²) < 4.78 is 1.67. The lowest BCUT2D eigenvalue weighted by Gasteiger charge is -2.07. The Morgan fingerprint density at radius 1 is 1.41 bits per heavy atom. The van der Waals surface area contributed by atoms with Gasteiger partial charge in [0.05, 0.1) is 10.7 Å². The van der Waals surface area contributed by atoms with Crippen molar-refractivity contribution in [3.8, 4) is 5.69 Å². The highest BCUT2D eigenvalue weighted by Gasteiger charge is 2.10. The molecule has 2 rings (SSSR count). The van der Waals surface area contributed by atoms with Crippen LogP contribution >= 0.6 is 11.6 Å². The van der Waals surface area contributed by atoms with E-state index in [4.69, 9.17) is 22.7 Å². The highest BCUT2D eigenvalue weighted by Crippen LogP contribution is 2.22. The summed E-state index contributed by atoms with van der Waals surface area (Å²) in [5.74, 6) is 1.44. The number of aromatic nitrogens is 3. The lowest BCUT2D eigenvalue weighted by Crippen LogP contribution is -2.11. The first-order valence-electron chi connectivity index (χ1n) is 5.03. The topological polar surface area (TPSA) is 80.6 Å². The molecule has 0 saturated carbocycles. The second kappa shape index (κ2) is 4.18. The zero-order valence-corrected chi connectivity index (χ0v) is 10.3. The van der Waals surface area contributed by atoms with Crippen LogP contribution in [0.25, 0.3) is 5.69 Å². The zero-order valence-electron chi connectivity index (χ0n) is 9.53. The Bertz CT molecular complexity index is 588. The summed E-state index contributed by atoms with van der Waals surface area (Å²) in [5.41, 5.74) is 6.72. The van der Waals surface area contributed by atoms with E-state index in [-0.39, 0.29) is 5.84 Å². The van der Waals surface area contributed by atoms with E-state index in [2.05, 4.69) is 10.1 Å². The maximum absolute atomic E-state index is 7.34. The summed E-state index contributed by atoms with van der Waals surface area (Å²) in [4.78, 5) is 4.21. The number of hydrogen-bond acceptors (Lipinski definition) is 3. The van der Waals surface area contributed by atoms with E-state index in [0.29, 0.717) is 16.4 Å². The Morgan fingerprint density at radius 3 is 2.59 bits per heavy atom. The van der Waals surface area contributed by atoms with E-state index < -0.39 is 0 Å². The lowest BCUT2D eigenvalue weighted by molar-refractivity contribution is 0.831. The van der Waals surface area contributed by atoms with Crippen LogP contribution in [0.4, 0.5) is 0 Å². The van der Waals surface area contributed by atoms with Gasteiger partial charge in [-0.05, 0) is 32.0 Å². The molecule has 17 heavy (non-hydrogen) atoms. The van der Waals surface area contributed by atoms with Crippen LogP contribution in [0.15, 0.2) is 18.2 Å². The molecule has 88 valence electrons. The molecule has 0 unspecified atom stereocenters. The molecule has 1 aromatic heterocycles. The molecule has 0 aliphatic rings. The van der Waals surface area contributed by atoms with Gasteiger partial charge in [-0.25, -0.2) is 9.67 Å². The number of rotatable bonds is 2. The molecule has 3 N–H and O–H groups in total. The van der Waals surface area contributed by atoms with Crippen molar-refractivity contribution in [2.24, 2.45) is 5.73 Å². The van der Waals surface area contributed by atoms with Crippen molar-refractivity contribution < 1.29 is 0 Å². The van der Waals surface area contributed by atoms with E-state index in [9.17, 15) is 0 Å². The highest BCUT2D eigenvalue weighted by molar-refractivity contribution is 6.32. The molecule has 0 spiro atoms. The first-order chi connectivity index (χ1) is 7.99. The van der Waals surface area contributed by atoms with Gasteiger partial charge in [-0.1, -0.05) is 11.6 Å². The molecule has 0 aliphatic carbocycles. The quantitative estimate of drug-likeness (QED) is 0.629. The number of nitrogens with one attached hydrogen (secondary N) is 1. The van der Waals surface area contributed by atoms with E-state index in [0.717, 1.165) is 11.5 Å². The van der Waals surface area contributed by atoms with Crippen LogP contribution in [0.1, 0.15) is 17.2 Å². The average Bonchev–Trinajstić information content (AvgIpc) is 2.57. The van der Waals surface area contributed by atoms with Crippen LogP contribution in [-0.2, 0) is 0 Å². The fourth-order valence-electron chi connectivity index (χ4n) is 1.60. The fourth-order valence-corrected chi connectivity index (χ4v) is 1.86. The smallest absolute Gasteiger partial charge is 0.148 e. The summed E-state index contributed by atoms with van der Waals surface area (Å²) in [6.07, 6.45) is 0. The van der Waals surface area contributed by atoms with Gasteiger partial charge in [0.25, 0.3) is 0 Å². The van der Waals surface area contributed by atoms with E-state index >= 15 is 0 Å². The van der Waals surface area contributed by atoms with Crippen molar-refractivity contribution in [3.05, 3.63) is 40.4 Å². The Labute approximate surface area is 104 Å². The predicted molar refractivity (Wildman–Crippen MR) is 66.9 cm³/mol. The van der Waals surface area contributed by atoms with E-state index in [1.807, 2.05) is 13.8 Å². The van der Waals surface area contributed by atoms with Crippen molar-refractivity contribution in [2.45, 2.75) is 13.8 Å². The number of nitrogens with zero attached hydrogens (tertiary/aromatic N) is 3. The third-order valence-corrected chi connectivity index (χ3v) is 2.66. The van der Waals surface area contributed by atoms with Gasteiger partial charge in [0.1, 0.15) is 17.5 Å². The standard InChI is InChI=1S/C11H12ClN5/c1-6-15-7(2)17(16-6)10-4-3-8(11(13)14)5-9(10)12/h3-5H,1-2H3,(H3,13,14). The van der Waals surface area contributed by atoms with Crippen molar-refractivity contribution >= 4 is 17.4 Å². The Hall–Kier alpha value is -1.88. The Kier molecular flexibility index (Phi) is 2.85. The summed E-state index contributed by atoms with van der Waals surface area (Å²) in [7, 11) is 0. The van der Waals surface area contributed by atoms with Gasteiger partial charge in [0, 0.05) is 5.56 Å². The normalized spacial score (nSPS) is 10.5. The van der Waals surface area contributed by atoms with Crippen molar-refractivity contribution in [1.29, 1.82) is 5.41 Å². The Morgan fingerprint density at radius 2 is 2.12 bits per heavy atom. The average molecular weight is 250 g/mol. The minimum Gasteiger partial charge on any atom is -0.384 e. The SMILES string of the molecule is Cc1nc(C)n(-c2ccc(C(=N)N)cc2Cl)n1. The fraction of sp³-hybridized carbons (Fsp3) is 0.182. The van der Waals surface area contributed by atoms with Gasteiger partial charge in [-0.2, -0.15) is 5.10 Å². The lowest BCUT2D eigenvalue weighted by atomic mass is 10.2. The molecule has 2 aromatic rings. The predicted octanol–water partition coefficient (Wildman–Crippen LogP) is 1.82. The molecule has 1 aromatic carbocycles. The molecule has 0 fully saturated rings. The van der Waals surface area contributed by atoms with Gasteiger partial charge in [0.15, 0.2) is 0 Å². The molecule has 0 aliphatic heterocycles. The molecule has 0 bridgehead atoms. The number of halogens is 1. The largest absolute Gasteiger partial charge is 0.384 e. The third kappa shape index (κ3) is 2.14. The molecule has 0 amide bonds. The minimum atomic E-state index is -0.00931. The number of amidine groups is 1. The summed E-state index contributed by atoms with van der Waals surface area (Å²) in [6, 6.07) is 5.16. The molecule has 1 heterocycles. The first-order valence-corrected chi connectivity index (χ1v) is 5.41. The van der Waals surface area contributed by atoms with Gasteiger partial charge in [0.2, 0.25) is 0 Å². The second-order valence-corrected chi connectivity index (χ2v) is 4.11. The molecule has 5 nitrogen and oxygen atoms in total. The van der Waals surface area contributed by atoms with Crippen molar-refractivity contribution in [1.82, 2.24) is 14.8 Å². The van der Waals surface area contributed by atoms with Crippen molar-refractivity contribution in [3.63, 3.8) is 0 Å². The van der Waals surface area contributed by atoms with Gasteiger partial charge in [-0.3, -0.25) is 5.41 Å².